The van der Waals surface area contributed by atoms with Crippen LogP contribution >= 0.6 is 11.6 Å². The van der Waals surface area contributed by atoms with Gasteiger partial charge in [-0.15, -0.1) is 0 Å². The van der Waals surface area contributed by atoms with Gasteiger partial charge >= 0.3 is 11.7 Å². The van der Waals surface area contributed by atoms with Gasteiger partial charge in [0.25, 0.3) is 0 Å². The second kappa shape index (κ2) is 5.40. The molecule has 1 fully saturated rings. The van der Waals surface area contributed by atoms with Crippen LogP contribution in [0.25, 0.3) is 0 Å². The highest BCUT2D eigenvalue weighted by Gasteiger charge is 2.31. The number of carbonyl (C=O) groups is 1. The highest BCUT2D eigenvalue weighted by molar-refractivity contribution is 6.30. The Kier molecular flexibility index (Phi) is 3.84. The fraction of sp³-hybridized carbons (Fsp3) is 0.455. The van der Waals surface area contributed by atoms with Crippen LogP contribution < -0.4 is 5.32 Å². The number of nitro groups is 1. The molecule has 1 aliphatic carbocycles. The molecule has 1 aliphatic rings. The number of carboxylic acid groups (broad SMARTS) is 1. The van der Waals surface area contributed by atoms with E-state index in [0.29, 0.717) is 19.3 Å². The normalized spacial score (nSPS) is 22.2. The van der Waals surface area contributed by atoms with E-state index in [2.05, 4.69) is 10.3 Å². The Balaban J connectivity index is 2.12. The molecule has 0 spiro atoms. The van der Waals surface area contributed by atoms with Gasteiger partial charge in [-0.1, -0.05) is 11.6 Å². The fourth-order valence-corrected chi connectivity index (χ4v) is 2.36. The number of nitrogens with zero attached hydrogens (tertiary/aromatic N) is 2. The van der Waals surface area contributed by atoms with Crippen LogP contribution in [-0.4, -0.2) is 27.0 Å². The molecule has 0 amide bonds. The minimum Gasteiger partial charge on any atom is -0.481 e. The van der Waals surface area contributed by atoms with Crippen molar-refractivity contribution in [1.29, 1.82) is 0 Å². The number of carboxylic acids is 1. The van der Waals surface area contributed by atoms with E-state index < -0.39 is 16.8 Å². The van der Waals surface area contributed by atoms with Crippen molar-refractivity contribution in [2.24, 2.45) is 5.92 Å². The molecule has 19 heavy (non-hydrogen) atoms. The lowest BCUT2D eigenvalue weighted by Gasteiger charge is -2.13. The summed E-state index contributed by atoms with van der Waals surface area (Å²) in [7, 11) is 0. The third-order valence-corrected chi connectivity index (χ3v) is 3.36. The van der Waals surface area contributed by atoms with Crippen LogP contribution in [0.2, 0.25) is 5.02 Å². The summed E-state index contributed by atoms with van der Waals surface area (Å²) in [6, 6.07) is 1.11. The zero-order chi connectivity index (χ0) is 14.0. The van der Waals surface area contributed by atoms with Crippen LogP contribution in [0.5, 0.6) is 0 Å². The van der Waals surface area contributed by atoms with Gasteiger partial charge in [-0.3, -0.25) is 14.9 Å². The molecule has 8 heteroatoms. The molecule has 0 aliphatic heterocycles. The second-order valence-corrected chi connectivity index (χ2v) is 4.90. The lowest BCUT2D eigenvalue weighted by molar-refractivity contribution is -0.384. The zero-order valence-electron chi connectivity index (χ0n) is 9.88. The number of hydrogen-bond donors (Lipinski definition) is 2. The largest absolute Gasteiger partial charge is 0.481 e. The molecule has 1 heterocycles. The molecular weight excluding hydrogens is 274 g/mol. The quantitative estimate of drug-likeness (QED) is 0.649. The van der Waals surface area contributed by atoms with Crippen molar-refractivity contribution in [3.8, 4) is 0 Å². The van der Waals surface area contributed by atoms with Crippen molar-refractivity contribution in [2.75, 3.05) is 5.32 Å². The Hall–Kier alpha value is -1.89. The van der Waals surface area contributed by atoms with Gasteiger partial charge in [0.1, 0.15) is 0 Å². The van der Waals surface area contributed by atoms with Crippen LogP contribution in [0.15, 0.2) is 12.3 Å². The van der Waals surface area contributed by atoms with Crippen molar-refractivity contribution < 1.29 is 14.8 Å². The Labute approximate surface area is 113 Å². The lowest BCUT2D eigenvalue weighted by Crippen LogP contribution is -2.19. The number of rotatable bonds is 4. The molecular formula is C11H12ClN3O4. The summed E-state index contributed by atoms with van der Waals surface area (Å²) in [5, 5.41) is 22.9. The van der Waals surface area contributed by atoms with Gasteiger partial charge in [-0.25, -0.2) is 4.98 Å². The van der Waals surface area contributed by atoms with Crippen molar-refractivity contribution in [3.05, 3.63) is 27.4 Å². The molecule has 7 nitrogen and oxygen atoms in total. The smallest absolute Gasteiger partial charge is 0.312 e. The summed E-state index contributed by atoms with van der Waals surface area (Å²) >= 11 is 5.67. The van der Waals surface area contributed by atoms with Crippen LogP contribution in [0.3, 0.4) is 0 Å². The summed E-state index contributed by atoms with van der Waals surface area (Å²) in [5.41, 5.74) is -0.203. The van der Waals surface area contributed by atoms with Crippen LogP contribution in [-0.2, 0) is 4.79 Å². The van der Waals surface area contributed by atoms with E-state index in [4.69, 9.17) is 16.7 Å². The van der Waals surface area contributed by atoms with Gasteiger partial charge in [-0.2, -0.15) is 0 Å². The number of halogens is 1. The summed E-state index contributed by atoms with van der Waals surface area (Å²) in [5.74, 6) is -1.10. The Bertz CT molecular complexity index is 523. The van der Waals surface area contributed by atoms with Crippen molar-refractivity contribution in [2.45, 2.75) is 25.3 Å². The van der Waals surface area contributed by atoms with Crippen LogP contribution in [0.4, 0.5) is 11.5 Å². The summed E-state index contributed by atoms with van der Waals surface area (Å²) in [4.78, 5) is 25.1. The maximum atomic E-state index is 10.9. The maximum Gasteiger partial charge on any atom is 0.312 e. The molecule has 0 aromatic carbocycles. The van der Waals surface area contributed by atoms with Crippen LogP contribution in [0.1, 0.15) is 19.3 Å². The molecule has 1 aromatic heterocycles. The van der Waals surface area contributed by atoms with Gasteiger partial charge in [0.15, 0.2) is 0 Å². The molecule has 1 saturated carbocycles. The highest BCUT2D eigenvalue weighted by atomic mass is 35.5. The van der Waals surface area contributed by atoms with Crippen LogP contribution in [0, 0.1) is 16.0 Å². The van der Waals surface area contributed by atoms with Gasteiger partial charge in [0.05, 0.1) is 15.9 Å². The number of anilines is 1. The van der Waals surface area contributed by atoms with E-state index in [1.54, 1.807) is 0 Å². The average Bonchev–Trinajstić information content (AvgIpc) is 2.80. The van der Waals surface area contributed by atoms with Gasteiger partial charge in [-0.05, 0) is 19.3 Å². The Morgan fingerprint density at radius 2 is 2.32 bits per heavy atom. The average molecular weight is 286 g/mol. The standard InChI is InChI=1S/C11H12ClN3O4/c12-7-4-9(15(18)19)10(13-5-7)14-8-2-1-6(3-8)11(16)17/h4-6,8H,1-3H2,(H,13,14)(H,16,17)/t6-,8+/m1/s1. The molecule has 1 aromatic rings. The minimum absolute atomic E-state index is 0.117. The van der Waals surface area contributed by atoms with E-state index in [-0.39, 0.29) is 22.6 Å². The van der Waals surface area contributed by atoms with Crippen molar-refractivity contribution >= 4 is 29.1 Å². The number of aliphatic carboxylic acids is 1. The van der Waals surface area contributed by atoms with E-state index >= 15 is 0 Å². The Morgan fingerprint density at radius 1 is 1.58 bits per heavy atom. The first-order chi connectivity index (χ1) is 8.97. The molecule has 0 saturated heterocycles. The fourth-order valence-electron chi connectivity index (χ4n) is 2.21. The monoisotopic (exact) mass is 285 g/mol. The van der Waals surface area contributed by atoms with E-state index in [1.807, 2.05) is 0 Å². The molecule has 0 unspecified atom stereocenters. The maximum absolute atomic E-state index is 10.9. The van der Waals surface area contributed by atoms with Crippen molar-refractivity contribution in [1.82, 2.24) is 4.98 Å². The number of aromatic nitrogens is 1. The predicted octanol–water partition coefficient (Wildman–Crippen LogP) is 2.31. The summed E-state index contributed by atoms with van der Waals surface area (Å²) in [6.07, 6.45) is 2.98. The number of hydrogen-bond acceptors (Lipinski definition) is 5. The third-order valence-electron chi connectivity index (χ3n) is 3.15. The molecule has 0 radical (unpaired) electrons. The topological polar surface area (TPSA) is 105 Å². The molecule has 102 valence electrons. The SMILES string of the molecule is O=C(O)[C@@H]1CC[C@H](Nc2ncc(Cl)cc2[N+](=O)[O-])C1. The third kappa shape index (κ3) is 3.11. The molecule has 0 bridgehead atoms. The Morgan fingerprint density at radius 3 is 2.89 bits per heavy atom. The summed E-state index contributed by atoms with van der Waals surface area (Å²) in [6.45, 7) is 0. The van der Waals surface area contributed by atoms with E-state index in [0.717, 1.165) is 0 Å². The summed E-state index contributed by atoms with van der Waals surface area (Å²) < 4.78 is 0. The first-order valence-corrected chi connectivity index (χ1v) is 6.14. The first kappa shape index (κ1) is 13.5. The van der Waals surface area contributed by atoms with Gasteiger partial charge in [0.2, 0.25) is 5.82 Å². The second-order valence-electron chi connectivity index (χ2n) is 4.47. The molecule has 2 atom stereocenters. The number of pyridine rings is 1. The van der Waals surface area contributed by atoms with Crippen molar-refractivity contribution in [3.63, 3.8) is 0 Å². The van der Waals surface area contributed by atoms with E-state index in [9.17, 15) is 14.9 Å². The van der Waals surface area contributed by atoms with Gasteiger partial charge < -0.3 is 10.4 Å². The van der Waals surface area contributed by atoms with Gasteiger partial charge in [0, 0.05) is 18.3 Å². The highest BCUT2D eigenvalue weighted by Crippen LogP contribution is 2.31. The lowest BCUT2D eigenvalue weighted by atomic mass is 10.1. The minimum atomic E-state index is -0.831. The molecule has 2 rings (SSSR count). The number of nitrogens with one attached hydrogen (secondary N) is 1. The van der Waals surface area contributed by atoms with E-state index in [1.165, 1.54) is 12.3 Å². The zero-order valence-corrected chi connectivity index (χ0v) is 10.6. The first-order valence-electron chi connectivity index (χ1n) is 5.76. The predicted molar refractivity (Wildman–Crippen MR) is 68.3 cm³/mol. The molecule has 2 N–H and O–H groups in total.